The highest BCUT2D eigenvalue weighted by molar-refractivity contribution is 5.94. The van der Waals surface area contributed by atoms with Gasteiger partial charge in [0.25, 0.3) is 5.91 Å². The number of piperazine rings is 1. The fourth-order valence-electron chi connectivity index (χ4n) is 5.52. The van der Waals surface area contributed by atoms with Gasteiger partial charge < -0.3 is 19.1 Å². The first-order chi connectivity index (χ1) is 19.2. The zero-order chi connectivity index (χ0) is 26.4. The van der Waals surface area contributed by atoms with Crippen LogP contribution in [0.25, 0.3) is 5.69 Å². The highest BCUT2D eigenvalue weighted by Gasteiger charge is 2.25. The number of para-hydroxylation sites is 1. The van der Waals surface area contributed by atoms with E-state index in [1.165, 1.54) is 11.3 Å². The highest BCUT2D eigenvalue weighted by Crippen LogP contribution is 2.23. The number of anilines is 1. The van der Waals surface area contributed by atoms with Crippen LogP contribution in [-0.2, 0) is 6.54 Å². The molecule has 1 aromatic heterocycles. The summed E-state index contributed by atoms with van der Waals surface area (Å²) in [5.74, 6) is 1.01. The smallest absolute Gasteiger partial charge is 0.253 e. The van der Waals surface area contributed by atoms with Crippen molar-refractivity contribution in [2.45, 2.75) is 25.5 Å². The van der Waals surface area contributed by atoms with E-state index in [-0.39, 0.29) is 12.0 Å². The summed E-state index contributed by atoms with van der Waals surface area (Å²) in [4.78, 5) is 24.1. The first-order valence-corrected chi connectivity index (χ1v) is 13.9. The van der Waals surface area contributed by atoms with E-state index >= 15 is 0 Å². The minimum atomic E-state index is 0.0833. The summed E-state index contributed by atoms with van der Waals surface area (Å²) in [7, 11) is 0. The van der Waals surface area contributed by atoms with E-state index in [9.17, 15) is 4.79 Å². The van der Waals surface area contributed by atoms with E-state index in [1.807, 2.05) is 39.9 Å². The Balaban J connectivity index is 0.974. The zero-order valence-corrected chi connectivity index (χ0v) is 22.2. The molecule has 0 spiro atoms. The molecule has 2 aliphatic heterocycles. The summed E-state index contributed by atoms with van der Waals surface area (Å²) in [5.41, 5.74) is 4.31. The maximum absolute atomic E-state index is 13.1. The van der Waals surface area contributed by atoms with Crippen molar-refractivity contribution < 1.29 is 9.53 Å². The number of amides is 1. The van der Waals surface area contributed by atoms with Gasteiger partial charge in [-0.15, -0.1) is 0 Å². The number of ether oxygens (including phenoxy) is 1. The van der Waals surface area contributed by atoms with E-state index in [4.69, 9.17) is 4.74 Å². The number of carbonyl (C=O) groups is 1. The Kier molecular flexibility index (Phi) is 7.59. The molecule has 0 unspecified atom stereocenters. The monoisotopic (exact) mass is 521 g/mol. The summed E-state index contributed by atoms with van der Waals surface area (Å²) < 4.78 is 8.31. The lowest BCUT2D eigenvalue weighted by molar-refractivity contribution is 0.0595. The van der Waals surface area contributed by atoms with E-state index in [1.54, 1.807) is 12.5 Å². The van der Waals surface area contributed by atoms with E-state index in [0.29, 0.717) is 13.1 Å². The molecule has 0 radical (unpaired) electrons. The van der Waals surface area contributed by atoms with Crippen molar-refractivity contribution in [3.8, 4) is 11.4 Å². The van der Waals surface area contributed by atoms with Crippen molar-refractivity contribution >= 4 is 11.6 Å². The molecule has 4 aromatic rings. The van der Waals surface area contributed by atoms with Gasteiger partial charge in [-0.2, -0.15) is 0 Å². The summed E-state index contributed by atoms with van der Waals surface area (Å²) >= 11 is 0. The average molecular weight is 522 g/mol. The second-order valence-corrected chi connectivity index (χ2v) is 10.4. The largest absolute Gasteiger partial charge is 0.490 e. The summed E-state index contributed by atoms with van der Waals surface area (Å²) in [6.07, 6.45) is 7.20. The van der Waals surface area contributed by atoms with Crippen molar-refractivity contribution in [2.75, 3.05) is 44.2 Å². The van der Waals surface area contributed by atoms with Crippen molar-refractivity contribution in [3.05, 3.63) is 109 Å². The number of hydrogen-bond donors (Lipinski definition) is 0. The highest BCUT2D eigenvalue weighted by atomic mass is 16.5. The molecule has 0 atom stereocenters. The van der Waals surface area contributed by atoms with Gasteiger partial charge >= 0.3 is 0 Å². The molecule has 7 heteroatoms. The molecular weight excluding hydrogens is 486 g/mol. The number of carbonyl (C=O) groups excluding carboxylic acids is 1. The molecule has 3 heterocycles. The average Bonchev–Trinajstić information content (AvgIpc) is 3.54. The molecule has 2 saturated heterocycles. The number of aromatic nitrogens is 2. The van der Waals surface area contributed by atoms with Crippen LogP contribution < -0.4 is 9.64 Å². The van der Waals surface area contributed by atoms with Gasteiger partial charge in [-0.1, -0.05) is 30.3 Å². The first-order valence-electron chi connectivity index (χ1n) is 13.9. The predicted molar refractivity (Wildman–Crippen MR) is 153 cm³/mol. The topological polar surface area (TPSA) is 53.8 Å². The Hall–Kier alpha value is -4.10. The van der Waals surface area contributed by atoms with E-state index < -0.39 is 0 Å². The Labute approximate surface area is 230 Å². The van der Waals surface area contributed by atoms with Crippen LogP contribution in [0.2, 0.25) is 0 Å². The van der Waals surface area contributed by atoms with Gasteiger partial charge in [0.1, 0.15) is 11.9 Å². The second-order valence-electron chi connectivity index (χ2n) is 10.4. The van der Waals surface area contributed by atoms with Gasteiger partial charge in [0.15, 0.2) is 0 Å². The fourth-order valence-corrected chi connectivity index (χ4v) is 5.52. The number of benzene rings is 3. The van der Waals surface area contributed by atoms with Gasteiger partial charge in [0.05, 0.1) is 6.33 Å². The van der Waals surface area contributed by atoms with Crippen molar-refractivity contribution in [1.82, 2.24) is 19.4 Å². The Morgan fingerprint density at radius 2 is 1.59 bits per heavy atom. The molecule has 0 bridgehead atoms. The van der Waals surface area contributed by atoms with Gasteiger partial charge in [0.2, 0.25) is 0 Å². The molecule has 39 heavy (non-hydrogen) atoms. The maximum atomic E-state index is 13.1. The van der Waals surface area contributed by atoms with Crippen LogP contribution in [0.4, 0.5) is 5.69 Å². The van der Waals surface area contributed by atoms with Gasteiger partial charge in [-0.05, 0) is 54.1 Å². The Morgan fingerprint density at radius 1 is 0.821 bits per heavy atom. The third-order valence-corrected chi connectivity index (χ3v) is 7.75. The Bertz CT molecular complexity index is 1340. The van der Waals surface area contributed by atoms with Crippen LogP contribution in [0.1, 0.15) is 28.8 Å². The summed E-state index contributed by atoms with van der Waals surface area (Å²) in [6, 6.07) is 26.9. The number of piperidine rings is 1. The van der Waals surface area contributed by atoms with Gasteiger partial charge in [0, 0.05) is 88.0 Å². The van der Waals surface area contributed by atoms with Crippen LogP contribution >= 0.6 is 0 Å². The van der Waals surface area contributed by atoms with Crippen LogP contribution in [0.15, 0.2) is 97.6 Å². The SMILES string of the molecule is O=C(c1ccc(-n2ccnc2)cc1)N1CCC(Oc2cccc(CN3CCN(c4ccccc4)CC3)c2)CC1. The number of imidazole rings is 1. The van der Waals surface area contributed by atoms with Gasteiger partial charge in [-0.3, -0.25) is 9.69 Å². The first kappa shape index (κ1) is 25.2. The van der Waals surface area contributed by atoms with Crippen molar-refractivity contribution in [3.63, 3.8) is 0 Å². The summed E-state index contributed by atoms with van der Waals surface area (Å²) in [5, 5.41) is 0. The van der Waals surface area contributed by atoms with Gasteiger partial charge in [-0.25, -0.2) is 4.98 Å². The van der Waals surface area contributed by atoms with Crippen molar-refractivity contribution in [2.24, 2.45) is 0 Å². The zero-order valence-electron chi connectivity index (χ0n) is 22.2. The predicted octanol–water partition coefficient (Wildman–Crippen LogP) is 4.88. The molecule has 0 saturated carbocycles. The molecule has 0 aliphatic carbocycles. The molecule has 2 fully saturated rings. The Morgan fingerprint density at radius 3 is 2.31 bits per heavy atom. The minimum Gasteiger partial charge on any atom is -0.490 e. The number of hydrogen-bond acceptors (Lipinski definition) is 5. The molecule has 2 aliphatic rings. The maximum Gasteiger partial charge on any atom is 0.253 e. The van der Waals surface area contributed by atoms with Crippen molar-refractivity contribution in [1.29, 1.82) is 0 Å². The lowest BCUT2D eigenvalue weighted by atomic mass is 10.1. The van der Waals surface area contributed by atoms with Crippen LogP contribution in [0.3, 0.4) is 0 Å². The number of nitrogens with zero attached hydrogens (tertiary/aromatic N) is 5. The summed E-state index contributed by atoms with van der Waals surface area (Å²) in [6.45, 7) is 6.55. The number of rotatable bonds is 7. The van der Waals surface area contributed by atoms with E-state index in [0.717, 1.165) is 62.6 Å². The fraction of sp³-hybridized carbons (Fsp3) is 0.312. The molecule has 3 aromatic carbocycles. The molecule has 1 amide bonds. The third kappa shape index (κ3) is 6.15. The third-order valence-electron chi connectivity index (χ3n) is 7.75. The molecule has 200 valence electrons. The molecular formula is C32H35N5O2. The quantitative estimate of drug-likeness (QED) is 0.347. The lowest BCUT2D eigenvalue weighted by Crippen LogP contribution is -2.45. The lowest BCUT2D eigenvalue weighted by Gasteiger charge is -2.36. The van der Waals surface area contributed by atoms with Crippen LogP contribution in [-0.4, -0.2) is 70.6 Å². The second kappa shape index (κ2) is 11.7. The van der Waals surface area contributed by atoms with Crippen LogP contribution in [0, 0.1) is 0 Å². The standard InChI is InChI=1S/C32H35N5O2/c38-32(27-9-11-29(12-10-27)37-18-15-33-25-37)36-16-13-30(14-17-36)39-31-8-4-5-26(23-31)24-34-19-21-35(22-20-34)28-6-2-1-3-7-28/h1-12,15,18,23,25,30H,13-14,16-17,19-22,24H2. The molecule has 7 nitrogen and oxygen atoms in total. The number of likely N-dealkylation sites (tertiary alicyclic amines) is 1. The minimum absolute atomic E-state index is 0.0833. The van der Waals surface area contributed by atoms with E-state index in [2.05, 4.69) is 69.4 Å². The molecule has 6 rings (SSSR count). The van der Waals surface area contributed by atoms with Crippen LogP contribution in [0.5, 0.6) is 5.75 Å². The molecule has 0 N–H and O–H groups in total. The normalized spacial score (nSPS) is 16.8.